The topological polar surface area (TPSA) is 84.9 Å². The largest absolute Gasteiger partial charge is 0.481 e. The second kappa shape index (κ2) is 10.8. The van der Waals surface area contributed by atoms with Gasteiger partial charge in [0.1, 0.15) is 11.7 Å². The van der Waals surface area contributed by atoms with E-state index in [1.165, 1.54) is 12.1 Å². The first-order valence-electron chi connectivity index (χ1n) is 12.1. The number of rotatable bonds is 6. The zero-order chi connectivity index (χ0) is 28.4. The number of halogens is 6. The molecule has 13 heteroatoms. The summed E-state index contributed by atoms with van der Waals surface area (Å²) in [6, 6.07) is 11.3. The molecule has 0 radical (unpaired) electrons. The van der Waals surface area contributed by atoms with E-state index < -0.39 is 41.5 Å². The van der Waals surface area contributed by atoms with E-state index in [-0.39, 0.29) is 30.4 Å². The second-order valence-corrected chi connectivity index (χ2v) is 9.58. The quantitative estimate of drug-likeness (QED) is 0.391. The van der Waals surface area contributed by atoms with Crippen molar-refractivity contribution in [3.8, 4) is 0 Å². The maximum atomic E-state index is 13.4. The van der Waals surface area contributed by atoms with Gasteiger partial charge >= 0.3 is 24.4 Å². The number of hydrogen-bond acceptors (Lipinski definition) is 4. The van der Waals surface area contributed by atoms with Gasteiger partial charge in [-0.3, -0.25) is 9.80 Å². The summed E-state index contributed by atoms with van der Waals surface area (Å²) < 4.78 is 79.4. The molecule has 7 nitrogen and oxygen atoms in total. The molecule has 2 aliphatic rings. The number of aliphatic carboxylic acids is 1. The van der Waals surface area contributed by atoms with E-state index in [4.69, 9.17) is 0 Å². The van der Waals surface area contributed by atoms with Gasteiger partial charge < -0.3 is 15.3 Å². The van der Waals surface area contributed by atoms with Gasteiger partial charge in [-0.25, -0.2) is 10.2 Å². The summed E-state index contributed by atoms with van der Waals surface area (Å²) in [6.07, 6.45) is -8.28. The number of benzene rings is 2. The van der Waals surface area contributed by atoms with Crippen molar-refractivity contribution in [3.05, 3.63) is 71.9 Å². The monoisotopic (exact) mass is 556 g/mol. The maximum Gasteiger partial charge on any atom is 0.432 e. The smallest absolute Gasteiger partial charge is 0.432 e. The molecule has 0 aliphatic carbocycles. The predicted octanol–water partition coefficient (Wildman–Crippen LogP) is 5.82. The standard InChI is InChI=1S/C26H26F6N4O3/c27-25(28,29)20-15-21(26(30,31)32)36(34-20)19-9-7-18(8-10-19)33-23(39)35-14-4-12-24(16-35,13-11-22(37)38)17-5-2-1-3-6-17/h1-3,5-10,15,20,34H,4,11-14,16H2,(H,33,39)(H,37,38). The number of anilines is 2. The van der Waals surface area contributed by atoms with Crippen molar-refractivity contribution in [1.82, 2.24) is 10.3 Å². The first kappa shape index (κ1) is 28.3. The Labute approximate surface area is 220 Å². The minimum Gasteiger partial charge on any atom is -0.481 e. The number of amides is 2. The van der Waals surface area contributed by atoms with Crippen LogP contribution in [0, 0.1) is 0 Å². The molecular weight excluding hydrogens is 530 g/mol. The average Bonchev–Trinajstić information content (AvgIpc) is 3.36. The fraction of sp³-hybridized carbons (Fsp3) is 0.385. The van der Waals surface area contributed by atoms with Crippen molar-refractivity contribution < 1.29 is 41.0 Å². The number of urea groups is 1. The molecule has 0 aromatic heterocycles. The molecule has 0 bridgehead atoms. The highest BCUT2D eigenvalue weighted by Gasteiger charge is 2.50. The SMILES string of the molecule is O=C(O)CCC1(c2ccccc2)CCCN(C(=O)Nc2ccc(N3NC(C(F)(F)F)C=C3C(F)(F)F)cc2)C1. The molecule has 0 spiro atoms. The Kier molecular flexibility index (Phi) is 7.82. The van der Waals surface area contributed by atoms with Crippen LogP contribution < -0.4 is 15.8 Å². The number of carbonyl (C=O) groups is 2. The maximum absolute atomic E-state index is 13.4. The summed E-state index contributed by atoms with van der Waals surface area (Å²) in [6.45, 7) is 0.687. The van der Waals surface area contributed by atoms with Gasteiger partial charge in [-0.15, -0.1) is 0 Å². The lowest BCUT2D eigenvalue weighted by atomic mass is 9.71. The Bertz CT molecular complexity index is 1220. The van der Waals surface area contributed by atoms with Crippen LogP contribution >= 0.6 is 0 Å². The number of carboxylic acids is 1. The number of nitrogens with zero attached hydrogens (tertiary/aromatic N) is 2. The van der Waals surface area contributed by atoms with Gasteiger partial charge in [0.2, 0.25) is 0 Å². The molecule has 0 saturated carbocycles. The number of piperidine rings is 1. The van der Waals surface area contributed by atoms with Gasteiger partial charge in [0.05, 0.1) is 5.69 Å². The minimum absolute atomic E-state index is 0.0695. The first-order valence-corrected chi connectivity index (χ1v) is 12.1. The molecule has 2 aromatic rings. The van der Waals surface area contributed by atoms with Crippen molar-refractivity contribution in [2.45, 2.75) is 49.5 Å². The van der Waals surface area contributed by atoms with Crippen LogP contribution in [0.4, 0.5) is 42.5 Å². The average molecular weight is 557 g/mol. The predicted molar refractivity (Wildman–Crippen MR) is 131 cm³/mol. The molecule has 2 heterocycles. The van der Waals surface area contributed by atoms with E-state index in [9.17, 15) is 41.0 Å². The molecule has 1 fully saturated rings. The van der Waals surface area contributed by atoms with Crippen LogP contribution in [0.25, 0.3) is 0 Å². The zero-order valence-corrected chi connectivity index (χ0v) is 20.5. The fourth-order valence-corrected chi connectivity index (χ4v) is 5.00. The van der Waals surface area contributed by atoms with Gasteiger partial charge in [-0.1, -0.05) is 30.3 Å². The Morgan fingerprint density at radius 1 is 1.03 bits per heavy atom. The Balaban J connectivity index is 1.48. The molecule has 2 amide bonds. The molecule has 210 valence electrons. The van der Waals surface area contributed by atoms with Crippen molar-refractivity contribution in [3.63, 3.8) is 0 Å². The highest BCUT2D eigenvalue weighted by molar-refractivity contribution is 5.89. The Morgan fingerprint density at radius 3 is 2.28 bits per heavy atom. The van der Waals surface area contributed by atoms with Crippen LogP contribution in [-0.2, 0) is 10.2 Å². The molecular formula is C26H26F6N4O3. The summed E-state index contributed by atoms with van der Waals surface area (Å²) in [5.74, 6) is -0.940. The molecule has 3 N–H and O–H groups in total. The van der Waals surface area contributed by atoms with Crippen LogP contribution in [-0.4, -0.2) is 53.5 Å². The number of carboxylic acid groups (broad SMARTS) is 1. The van der Waals surface area contributed by atoms with E-state index in [1.807, 2.05) is 35.8 Å². The van der Waals surface area contributed by atoms with E-state index >= 15 is 0 Å². The van der Waals surface area contributed by atoms with Gasteiger partial charge in [0.15, 0.2) is 0 Å². The van der Waals surface area contributed by atoms with E-state index in [0.29, 0.717) is 30.8 Å². The normalized spacial score (nSPS) is 22.0. The first-order chi connectivity index (χ1) is 18.3. The molecule has 2 aromatic carbocycles. The summed E-state index contributed by atoms with van der Waals surface area (Å²) in [5, 5.41) is 12.3. The third-order valence-corrected chi connectivity index (χ3v) is 6.92. The molecule has 1 saturated heterocycles. The number of hydrogen-bond donors (Lipinski definition) is 3. The zero-order valence-electron chi connectivity index (χ0n) is 20.5. The van der Waals surface area contributed by atoms with Crippen LogP contribution in [0.1, 0.15) is 31.2 Å². The van der Waals surface area contributed by atoms with E-state index in [0.717, 1.165) is 17.7 Å². The van der Waals surface area contributed by atoms with Crippen molar-refractivity contribution in [2.75, 3.05) is 23.4 Å². The van der Waals surface area contributed by atoms with Crippen molar-refractivity contribution in [1.29, 1.82) is 0 Å². The van der Waals surface area contributed by atoms with E-state index in [2.05, 4.69) is 5.32 Å². The van der Waals surface area contributed by atoms with Gasteiger partial charge in [-0.05, 0) is 55.2 Å². The Hall–Kier alpha value is -3.74. The third kappa shape index (κ3) is 6.47. The van der Waals surface area contributed by atoms with Crippen molar-refractivity contribution in [2.24, 2.45) is 0 Å². The van der Waals surface area contributed by atoms with Crippen LogP contribution in [0.5, 0.6) is 0 Å². The highest BCUT2D eigenvalue weighted by Crippen LogP contribution is 2.40. The van der Waals surface area contributed by atoms with E-state index in [1.54, 1.807) is 4.90 Å². The fourth-order valence-electron chi connectivity index (χ4n) is 5.00. The van der Waals surface area contributed by atoms with Gasteiger partial charge in [0.25, 0.3) is 0 Å². The summed E-state index contributed by atoms with van der Waals surface area (Å²) in [5.41, 5.74) is 0.729. The summed E-state index contributed by atoms with van der Waals surface area (Å²) in [4.78, 5) is 26.0. The molecule has 2 atom stereocenters. The minimum atomic E-state index is -5.03. The van der Waals surface area contributed by atoms with Crippen LogP contribution in [0.3, 0.4) is 0 Å². The number of hydrazine groups is 1. The molecule has 2 unspecified atom stereocenters. The number of nitrogens with one attached hydrogen (secondary N) is 2. The Morgan fingerprint density at radius 2 is 1.69 bits per heavy atom. The third-order valence-electron chi connectivity index (χ3n) is 6.92. The van der Waals surface area contributed by atoms with Gasteiger partial charge in [-0.2, -0.15) is 26.3 Å². The molecule has 39 heavy (non-hydrogen) atoms. The number of alkyl halides is 6. The van der Waals surface area contributed by atoms with Crippen LogP contribution in [0.2, 0.25) is 0 Å². The number of allylic oxidation sites excluding steroid dienone is 1. The molecule has 2 aliphatic heterocycles. The highest BCUT2D eigenvalue weighted by atomic mass is 19.4. The summed E-state index contributed by atoms with van der Waals surface area (Å²) >= 11 is 0. The van der Waals surface area contributed by atoms with Crippen LogP contribution in [0.15, 0.2) is 66.4 Å². The van der Waals surface area contributed by atoms with Crippen molar-refractivity contribution >= 4 is 23.4 Å². The lowest BCUT2D eigenvalue weighted by Crippen LogP contribution is -2.50. The van der Waals surface area contributed by atoms with Gasteiger partial charge in [0, 0.05) is 30.6 Å². The second-order valence-electron chi connectivity index (χ2n) is 9.58. The molecule has 4 rings (SSSR count). The summed E-state index contributed by atoms with van der Waals surface area (Å²) in [7, 11) is 0. The number of carbonyl (C=O) groups excluding carboxylic acids is 1. The number of likely N-dealkylation sites (tertiary alicyclic amines) is 1. The lowest BCUT2D eigenvalue weighted by molar-refractivity contribution is -0.143. The lowest BCUT2D eigenvalue weighted by Gasteiger charge is -2.43.